The molecule has 3 N–H and O–H groups in total. The summed E-state index contributed by atoms with van der Waals surface area (Å²) >= 11 is 0. The van der Waals surface area contributed by atoms with E-state index in [-0.39, 0.29) is 44.8 Å². The smallest absolute Gasteiger partial charge is 0.462 e. The first-order valence-corrected chi connectivity index (χ1v) is 23.0. The highest BCUT2D eigenvalue weighted by Crippen LogP contribution is 2.43. The van der Waals surface area contributed by atoms with Crippen LogP contribution in [0.1, 0.15) is 155 Å². The second-order valence-electron chi connectivity index (χ2n) is 14.2. The van der Waals surface area contributed by atoms with E-state index in [1.54, 1.807) is 0 Å². The summed E-state index contributed by atoms with van der Waals surface area (Å²) < 4.78 is 38.5. The molecule has 11 heteroatoms. The molecule has 10 nitrogen and oxygen atoms in total. The van der Waals surface area contributed by atoms with E-state index < -0.39 is 32.5 Å². The number of hydrogen-bond acceptors (Lipinski definition) is 9. The van der Waals surface area contributed by atoms with Crippen molar-refractivity contribution in [1.29, 1.82) is 0 Å². The first-order chi connectivity index (χ1) is 27.3. The van der Waals surface area contributed by atoms with Crippen LogP contribution in [-0.2, 0) is 37.4 Å². The Balaban J connectivity index is 2.27. The normalized spacial score (nSPS) is 17.6. The lowest BCUT2D eigenvalue weighted by Crippen LogP contribution is -2.29. The van der Waals surface area contributed by atoms with Gasteiger partial charge in [-0.25, -0.2) is 4.57 Å². The third kappa shape index (κ3) is 33.5. The number of nitrogens with two attached hydrogens (primary N) is 1. The highest BCUT2D eigenvalue weighted by Gasteiger charge is 2.36. The molecule has 1 aliphatic heterocycles. The largest absolute Gasteiger partial charge is 0.472 e. The summed E-state index contributed by atoms with van der Waals surface area (Å²) in [5.74, 6) is -0.937. The molecule has 3 unspecified atom stereocenters. The van der Waals surface area contributed by atoms with E-state index in [1.165, 1.54) is 44.9 Å². The molecule has 320 valence electrons. The first kappa shape index (κ1) is 51.4. The molecule has 4 atom stereocenters. The average Bonchev–Trinajstić information content (AvgIpc) is 3.94. The lowest BCUT2D eigenvalue weighted by Gasteiger charge is -2.19. The standard InChI is InChI=1S/C45H76NO9P/c1-3-5-7-9-11-13-15-17-18-19-20-21-23-25-27-29-31-35-44(47)51-39-41(40-53-56(49,50)52-38-37-46)54-45(48)36-32-34-43-42(55-43)33-30-28-26-24-22-16-14-12-10-8-6-4-2/h11-14,17-18,20-22,24,28,30,41-43H,3-10,15-16,19,23,25-27,29,31-40,46H2,1-2H3,(H,49,50)/b13-11-,14-12-,18-17-,21-20-,24-22-,30-28-/t41-,42?,43?/m1/s1. The number of esters is 2. The predicted octanol–water partition coefficient (Wildman–Crippen LogP) is 11.3. The Bertz CT molecular complexity index is 1210. The topological polar surface area (TPSA) is 147 Å². The Labute approximate surface area is 339 Å². The summed E-state index contributed by atoms with van der Waals surface area (Å²) in [6.07, 6.45) is 46.6. The van der Waals surface area contributed by atoms with Gasteiger partial charge in [-0.3, -0.25) is 18.6 Å². The molecular formula is C45H76NO9P. The van der Waals surface area contributed by atoms with Crippen molar-refractivity contribution in [3.8, 4) is 0 Å². The predicted molar refractivity (Wildman–Crippen MR) is 228 cm³/mol. The summed E-state index contributed by atoms with van der Waals surface area (Å²) in [4.78, 5) is 35.0. The summed E-state index contributed by atoms with van der Waals surface area (Å²) in [6.45, 7) is 3.54. The van der Waals surface area contributed by atoms with Gasteiger partial charge < -0.3 is 24.8 Å². The van der Waals surface area contributed by atoms with Crippen molar-refractivity contribution in [3.05, 3.63) is 72.9 Å². The van der Waals surface area contributed by atoms with Gasteiger partial charge in [-0.15, -0.1) is 0 Å². The minimum atomic E-state index is -4.41. The third-order valence-electron chi connectivity index (χ3n) is 8.99. The Morgan fingerprint density at radius 1 is 0.643 bits per heavy atom. The average molecular weight is 806 g/mol. The lowest BCUT2D eigenvalue weighted by molar-refractivity contribution is -0.161. The monoisotopic (exact) mass is 806 g/mol. The molecular weight excluding hydrogens is 729 g/mol. The quantitative estimate of drug-likeness (QED) is 0.0203. The van der Waals surface area contributed by atoms with Crippen LogP contribution in [0.5, 0.6) is 0 Å². The molecule has 1 rings (SSSR count). The van der Waals surface area contributed by atoms with Crippen LogP contribution >= 0.6 is 7.82 Å². The van der Waals surface area contributed by atoms with Gasteiger partial charge in [0.2, 0.25) is 0 Å². The molecule has 1 heterocycles. The molecule has 0 radical (unpaired) electrons. The van der Waals surface area contributed by atoms with Crippen LogP contribution in [0.25, 0.3) is 0 Å². The fraction of sp³-hybridized carbons (Fsp3) is 0.689. The van der Waals surface area contributed by atoms with Gasteiger partial charge in [-0.2, -0.15) is 0 Å². The van der Waals surface area contributed by atoms with E-state index in [1.807, 2.05) is 0 Å². The van der Waals surface area contributed by atoms with Crippen LogP contribution in [0, 0.1) is 0 Å². The molecule has 1 aliphatic rings. The van der Waals surface area contributed by atoms with Crippen molar-refractivity contribution in [2.75, 3.05) is 26.4 Å². The van der Waals surface area contributed by atoms with E-state index in [4.69, 9.17) is 29.0 Å². The number of epoxide rings is 1. The number of phosphoric ester groups is 1. The molecule has 0 aromatic rings. The highest BCUT2D eigenvalue weighted by atomic mass is 31.2. The fourth-order valence-electron chi connectivity index (χ4n) is 5.67. The van der Waals surface area contributed by atoms with Gasteiger partial charge in [0.15, 0.2) is 6.10 Å². The molecule has 0 saturated carbocycles. The van der Waals surface area contributed by atoms with Gasteiger partial charge in [0.05, 0.1) is 25.4 Å². The van der Waals surface area contributed by atoms with Crippen LogP contribution in [0.3, 0.4) is 0 Å². The van der Waals surface area contributed by atoms with Gasteiger partial charge in [-0.1, -0.05) is 125 Å². The molecule has 1 fully saturated rings. The van der Waals surface area contributed by atoms with Crippen molar-refractivity contribution >= 4 is 19.8 Å². The number of phosphoric acid groups is 1. The van der Waals surface area contributed by atoms with E-state index in [9.17, 15) is 19.0 Å². The van der Waals surface area contributed by atoms with Gasteiger partial charge >= 0.3 is 19.8 Å². The molecule has 0 aromatic carbocycles. The summed E-state index contributed by atoms with van der Waals surface area (Å²) in [7, 11) is -4.41. The molecule has 0 bridgehead atoms. The zero-order chi connectivity index (χ0) is 40.8. The number of rotatable bonds is 38. The summed E-state index contributed by atoms with van der Waals surface area (Å²) in [6, 6.07) is 0. The molecule has 0 spiro atoms. The Morgan fingerprint density at radius 3 is 1.73 bits per heavy atom. The van der Waals surface area contributed by atoms with Crippen LogP contribution in [0.2, 0.25) is 0 Å². The zero-order valence-corrected chi connectivity index (χ0v) is 35.7. The van der Waals surface area contributed by atoms with E-state index >= 15 is 0 Å². The minimum Gasteiger partial charge on any atom is -0.462 e. The number of allylic oxidation sites excluding steroid dienone is 11. The van der Waals surface area contributed by atoms with Crippen molar-refractivity contribution in [3.63, 3.8) is 0 Å². The number of carbonyl (C=O) groups excluding carboxylic acids is 2. The van der Waals surface area contributed by atoms with E-state index in [2.05, 4.69) is 86.8 Å². The second kappa shape index (κ2) is 36.7. The maximum absolute atomic E-state index is 12.7. The number of hydrogen-bond donors (Lipinski definition) is 2. The maximum Gasteiger partial charge on any atom is 0.472 e. The van der Waals surface area contributed by atoms with Gasteiger partial charge in [0, 0.05) is 19.4 Å². The fourth-order valence-corrected chi connectivity index (χ4v) is 6.43. The van der Waals surface area contributed by atoms with Crippen LogP contribution in [0.15, 0.2) is 72.9 Å². The maximum atomic E-state index is 12.7. The lowest BCUT2D eigenvalue weighted by atomic mass is 10.1. The van der Waals surface area contributed by atoms with Crippen LogP contribution in [-0.4, -0.2) is 61.5 Å². The van der Waals surface area contributed by atoms with Crippen LogP contribution in [0.4, 0.5) is 0 Å². The molecule has 56 heavy (non-hydrogen) atoms. The highest BCUT2D eigenvalue weighted by molar-refractivity contribution is 7.47. The SMILES string of the molecule is CCCCC/C=C\C/C=C\C/C=C\CCCCCCC(=O)OC[C@H](COP(=O)(O)OCCN)OC(=O)CCCC1OC1C/C=C\C/C=C\C/C=C\CCCCC. The Morgan fingerprint density at radius 2 is 1.16 bits per heavy atom. The summed E-state index contributed by atoms with van der Waals surface area (Å²) in [5, 5.41) is 0. The molecule has 1 saturated heterocycles. The first-order valence-electron chi connectivity index (χ1n) is 21.5. The van der Waals surface area contributed by atoms with Crippen molar-refractivity contribution < 1.29 is 42.3 Å². The molecule has 0 amide bonds. The van der Waals surface area contributed by atoms with Crippen molar-refractivity contribution in [1.82, 2.24) is 0 Å². The Hall–Kier alpha value is -2.59. The second-order valence-corrected chi connectivity index (χ2v) is 15.7. The van der Waals surface area contributed by atoms with Gasteiger partial charge in [0.1, 0.15) is 6.61 Å². The molecule has 0 aliphatic carbocycles. The third-order valence-corrected chi connectivity index (χ3v) is 9.97. The Kier molecular flexibility index (Phi) is 33.7. The summed E-state index contributed by atoms with van der Waals surface area (Å²) in [5.41, 5.74) is 5.35. The van der Waals surface area contributed by atoms with Crippen LogP contribution < -0.4 is 5.73 Å². The van der Waals surface area contributed by atoms with Crippen molar-refractivity contribution in [2.45, 2.75) is 173 Å². The number of carbonyl (C=O) groups is 2. The van der Waals surface area contributed by atoms with Gasteiger partial charge in [0.25, 0.3) is 0 Å². The van der Waals surface area contributed by atoms with E-state index in [0.717, 1.165) is 70.6 Å². The number of ether oxygens (including phenoxy) is 3. The minimum absolute atomic E-state index is 0.0341. The van der Waals surface area contributed by atoms with Gasteiger partial charge in [-0.05, 0) is 89.9 Å². The number of unbranched alkanes of at least 4 members (excludes halogenated alkanes) is 10. The zero-order valence-electron chi connectivity index (χ0n) is 34.8. The van der Waals surface area contributed by atoms with E-state index in [0.29, 0.717) is 12.8 Å². The van der Waals surface area contributed by atoms with Crippen molar-refractivity contribution in [2.24, 2.45) is 5.73 Å². The molecule has 0 aromatic heterocycles.